The third kappa shape index (κ3) is 3.61. The highest BCUT2D eigenvalue weighted by Crippen LogP contribution is 2.37. The number of methoxy groups -OCH3 is 1. The zero-order valence-electron chi connectivity index (χ0n) is 12.0. The van der Waals surface area contributed by atoms with E-state index in [4.69, 9.17) is 0 Å². The molecule has 1 aromatic rings. The van der Waals surface area contributed by atoms with Crippen LogP contribution in [0.4, 0.5) is 4.79 Å². The number of nitrogens with zero attached hydrogens (tertiary/aromatic N) is 1. The molecule has 2 rings (SSSR count). The van der Waals surface area contributed by atoms with Gasteiger partial charge in [-0.25, -0.2) is 4.79 Å². The number of halogens is 2. The summed E-state index contributed by atoms with van der Waals surface area (Å²) >= 11 is 7.14. The molecule has 1 N–H and O–H groups in total. The predicted molar refractivity (Wildman–Crippen MR) is 92.8 cm³/mol. The number of carbonyl (C=O) groups is 3. The van der Waals surface area contributed by atoms with Crippen molar-refractivity contribution in [3.63, 3.8) is 0 Å². The fourth-order valence-electron chi connectivity index (χ4n) is 1.91. The van der Waals surface area contributed by atoms with E-state index in [1.54, 1.807) is 12.1 Å². The zero-order valence-corrected chi connectivity index (χ0v) is 16.0. The highest BCUT2D eigenvalue weighted by atomic mass is 79.9. The molecule has 0 aromatic heterocycles. The lowest BCUT2D eigenvalue weighted by atomic mass is 10.2. The van der Waals surface area contributed by atoms with E-state index in [0.29, 0.717) is 14.5 Å². The first kappa shape index (κ1) is 18.0. The molecule has 9 heteroatoms. The average molecular weight is 465 g/mol. The second-order valence-corrected chi connectivity index (χ2v) is 7.29. The third-order valence-corrected chi connectivity index (χ3v) is 5.18. The number of rotatable bonds is 3. The van der Waals surface area contributed by atoms with Gasteiger partial charge in [0.05, 0.1) is 21.0 Å². The molecule has 0 saturated carbocycles. The largest absolute Gasteiger partial charge is 0.506 e. The molecule has 2 amide bonds. The molecule has 0 spiro atoms. The van der Waals surface area contributed by atoms with E-state index < -0.39 is 23.2 Å². The highest BCUT2D eigenvalue weighted by molar-refractivity contribution is 9.11. The molecule has 1 saturated heterocycles. The van der Waals surface area contributed by atoms with Crippen molar-refractivity contribution in [2.75, 3.05) is 7.11 Å². The Morgan fingerprint density at radius 1 is 1.35 bits per heavy atom. The number of esters is 1. The quantitative estimate of drug-likeness (QED) is 0.544. The Labute approximate surface area is 153 Å². The molecule has 0 bridgehead atoms. The van der Waals surface area contributed by atoms with Gasteiger partial charge in [0.15, 0.2) is 0 Å². The van der Waals surface area contributed by atoms with Crippen LogP contribution in [0.2, 0.25) is 0 Å². The van der Waals surface area contributed by atoms with Crippen LogP contribution in [-0.2, 0) is 14.3 Å². The molecule has 1 heterocycles. The smallest absolute Gasteiger partial charge is 0.328 e. The van der Waals surface area contributed by atoms with Crippen molar-refractivity contribution in [2.45, 2.75) is 13.0 Å². The Kier molecular flexibility index (Phi) is 5.53. The van der Waals surface area contributed by atoms with Gasteiger partial charge in [0, 0.05) is 0 Å². The fraction of sp³-hybridized carbons (Fsp3) is 0.214. The van der Waals surface area contributed by atoms with Crippen molar-refractivity contribution in [1.29, 1.82) is 0 Å². The summed E-state index contributed by atoms with van der Waals surface area (Å²) in [6, 6.07) is 2.23. The maximum Gasteiger partial charge on any atom is 0.328 e. The van der Waals surface area contributed by atoms with Gasteiger partial charge in [0.25, 0.3) is 11.1 Å². The number of phenols is 1. The standard InChI is InChI=1S/C14H11Br2NO5S/c1-6(13(20)22-2)17-12(19)10(23-14(17)21)5-7-3-8(15)11(18)9(16)4-7/h3-6,18H,1-2H3/b10-5+. The van der Waals surface area contributed by atoms with Gasteiger partial charge in [-0.3, -0.25) is 14.5 Å². The zero-order chi connectivity index (χ0) is 17.3. The van der Waals surface area contributed by atoms with Gasteiger partial charge in [-0.15, -0.1) is 0 Å². The molecule has 1 aromatic carbocycles. The Balaban J connectivity index is 2.34. The van der Waals surface area contributed by atoms with Crippen LogP contribution in [0, 0.1) is 0 Å². The summed E-state index contributed by atoms with van der Waals surface area (Å²) in [4.78, 5) is 37.0. The minimum atomic E-state index is -0.989. The molecule has 1 fully saturated rings. The minimum Gasteiger partial charge on any atom is -0.506 e. The van der Waals surface area contributed by atoms with E-state index in [1.807, 2.05) is 0 Å². The van der Waals surface area contributed by atoms with Crippen molar-refractivity contribution in [2.24, 2.45) is 0 Å². The second-order valence-electron chi connectivity index (χ2n) is 4.58. The molecule has 1 unspecified atom stereocenters. The van der Waals surface area contributed by atoms with Crippen molar-refractivity contribution in [3.8, 4) is 5.75 Å². The monoisotopic (exact) mass is 463 g/mol. The van der Waals surface area contributed by atoms with Gasteiger partial charge >= 0.3 is 5.97 Å². The number of phenolic OH excluding ortho intramolecular Hbond substituents is 1. The maximum absolute atomic E-state index is 12.4. The first-order valence-corrected chi connectivity index (χ1v) is 8.69. The van der Waals surface area contributed by atoms with Crippen LogP contribution in [-0.4, -0.2) is 40.3 Å². The van der Waals surface area contributed by atoms with Gasteiger partial charge in [-0.2, -0.15) is 0 Å². The third-order valence-electron chi connectivity index (χ3n) is 3.09. The summed E-state index contributed by atoms with van der Waals surface area (Å²) in [5.74, 6) is -1.18. The second kappa shape index (κ2) is 7.06. The van der Waals surface area contributed by atoms with Crippen LogP contribution < -0.4 is 0 Å². The minimum absolute atomic E-state index is 0.0366. The van der Waals surface area contributed by atoms with E-state index >= 15 is 0 Å². The number of imide groups is 1. The van der Waals surface area contributed by atoms with Crippen LogP contribution in [0.3, 0.4) is 0 Å². The summed E-state index contributed by atoms with van der Waals surface area (Å²) in [6.45, 7) is 1.43. The molecular weight excluding hydrogens is 454 g/mol. The Morgan fingerprint density at radius 3 is 2.43 bits per heavy atom. The first-order valence-electron chi connectivity index (χ1n) is 6.29. The summed E-state index contributed by atoms with van der Waals surface area (Å²) in [5.41, 5.74) is 0.609. The topological polar surface area (TPSA) is 83.9 Å². The lowest BCUT2D eigenvalue weighted by Crippen LogP contribution is -2.42. The summed E-state index contributed by atoms with van der Waals surface area (Å²) in [6.07, 6.45) is 1.52. The number of carbonyl (C=O) groups excluding carboxylic acids is 3. The molecule has 23 heavy (non-hydrogen) atoms. The predicted octanol–water partition coefficient (Wildman–Crippen LogP) is 3.52. The molecule has 1 aliphatic heterocycles. The Morgan fingerprint density at radius 2 is 1.91 bits per heavy atom. The van der Waals surface area contributed by atoms with E-state index in [9.17, 15) is 19.5 Å². The van der Waals surface area contributed by atoms with Crippen LogP contribution in [0.25, 0.3) is 6.08 Å². The first-order chi connectivity index (χ1) is 10.8. The molecule has 6 nitrogen and oxygen atoms in total. The normalized spacial score (nSPS) is 17.7. The van der Waals surface area contributed by atoms with Gasteiger partial charge in [-0.05, 0) is 74.3 Å². The number of hydrogen-bond acceptors (Lipinski definition) is 6. The van der Waals surface area contributed by atoms with Gasteiger partial charge in [0.1, 0.15) is 11.8 Å². The number of thioether (sulfide) groups is 1. The lowest BCUT2D eigenvalue weighted by Gasteiger charge is -2.18. The average Bonchev–Trinajstić information content (AvgIpc) is 2.77. The van der Waals surface area contributed by atoms with E-state index in [1.165, 1.54) is 20.1 Å². The number of amides is 2. The number of aromatic hydroxyl groups is 1. The highest BCUT2D eigenvalue weighted by Gasteiger charge is 2.41. The molecule has 122 valence electrons. The van der Waals surface area contributed by atoms with Gasteiger partial charge < -0.3 is 9.84 Å². The van der Waals surface area contributed by atoms with E-state index in [0.717, 1.165) is 16.7 Å². The number of hydrogen-bond donors (Lipinski definition) is 1. The van der Waals surface area contributed by atoms with Gasteiger partial charge in [0.2, 0.25) is 0 Å². The lowest BCUT2D eigenvalue weighted by molar-refractivity contribution is -0.148. The van der Waals surface area contributed by atoms with E-state index in [-0.39, 0.29) is 10.7 Å². The van der Waals surface area contributed by atoms with Crippen LogP contribution >= 0.6 is 43.6 Å². The van der Waals surface area contributed by atoms with Crippen molar-refractivity contribution >= 4 is 66.8 Å². The van der Waals surface area contributed by atoms with Crippen LogP contribution in [0.15, 0.2) is 26.0 Å². The fourth-order valence-corrected chi connectivity index (χ4v) is 4.04. The Bertz CT molecular complexity index is 711. The van der Waals surface area contributed by atoms with Crippen LogP contribution in [0.5, 0.6) is 5.75 Å². The molecule has 0 radical (unpaired) electrons. The number of benzene rings is 1. The molecule has 1 aliphatic rings. The van der Waals surface area contributed by atoms with E-state index in [2.05, 4.69) is 36.6 Å². The summed E-state index contributed by atoms with van der Waals surface area (Å²) in [5, 5.41) is 9.16. The molecule has 0 aliphatic carbocycles. The van der Waals surface area contributed by atoms with Gasteiger partial charge in [-0.1, -0.05) is 0 Å². The molecular formula is C14H11Br2NO5S. The Hall–Kier alpha value is -1.32. The summed E-state index contributed by atoms with van der Waals surface area (Å²) in [7, 11) is 1.19. The number of ether oxygens (including phenoxy) is 1. The van der Waals surface area contributed by atoms with Crippen molar-refractivity contribution in [3.05, 3.63) is 31.5 Å². The van der Waals surface area contributed by atoms with Crippen molar-refractivity contribution < 1.29 is 24.2 Å². The summed E-state index contributed by atoms with van der Waals surface area (Å²) < 4.78 is 5.45. The van der Waals surface area contributed by atoms with Crippen LogP contribution in [0.1, 0.15) is 12.5 Å². The molecule has 1 atom stereocenters. The SMILES string of the molecule is COC(=O)C(C)N1C(=O)S/C(=C/c2cc(Br)c(O)c(Br)c2)C1=O. The maximum atomic E-state index is 12.4. The van der Waals surface area contributed by atoms with Crippen molar-refractivity contribution in [1.82, 2.24) is 4.90 Å².